The minimum absolute atomic E-state index is 0.213. The van der Waals surface area contributed by atoms with Crippen LogP contribution in [0.15, 0.2) is 54.7 Å². The summed E-state index contributed by atoms with van der Waals surface area (Å²) in [7, 11) is 1.68. The lowest BCUT2D eigenvalue weighted by Gasteiger charge is -2.15. The van der Waals surface area contributed by atoms with E-state index in [0.717, 1.165) is 46.9 Å². The molecule has 0 N–H and O–H groups in total. The maximum Gasteiger partial charge on any atom is 0.144 e. The Morgan fingerprint density at radius 2 is 1.82 bits per heavy atom. The van der Waals surface area contributed by atoms with Crippen LogP contribution in [-0.2, 0) is 12.8 Å². The molecule has 2 aliphatic carbocycles. The Morgan fingerprint density at radius 1 is 1.03 bits per heavy atom. The maximum atomic E-state index is 9.26. The fourth-order valence-corrected chi connectivity index (χ4v) is 5.45. The first kappa shape index (κ1) is 20.7. The number of benzene rings is 2. The first-order valence-electron chi connectivity index (χ1n) is 11.9. The van der Waals surface area contributed by atoms with E-state index in [1.54, 1.807) is 7.11 Å². The van der Waals surface area contributed by atoms with E-state index in [0.29, 0.717) is 11.5 Å². The van der Waals surface area contributed by atoms with E-state index in [1.165, 1.54) is 31.2 Å². The molecule has 6 rings (SSSR count). The van der Waals surface area contributed by atoms with E-state index in [4.69, 9.17) is 9.84 Å². The summed E-state index contributed by atoms with van der Waals surface area (Å²) in [5.74, 6) is 1.33. The molecule has 0 radical (unpaired) electrons. The zero-order chi connectivity index (χ0) is 23.1. The molecule has 1 atom stereocenters. The predicted octanol–water partition coefficient (Wildman–Crippen LogP) is 5.01. The number of nitrogens with zero attached hydrogens (tertiary/aromatic N) is 6. The average Bonchev–Trinajstić information content (AvgIpc) is 3.67. The largest absolute Gasteiger partial charge is 0.494 e. The Kier molecular flexibility index (Phi) is 5.14. The number of para-hydroxylation sites is 2. The van der Waals surface area contributed by atoms with Crippen LogP contribution in [0.2, 0.25) is 0 Å². The van der Waals surface area contributed by atoms with Crippen LogP contribution in [0.1, 0.15) is 60.2 Å². The van der Waals surface area contributed by atoms with E-state index < -0.39 is 0 Å². The van der Waals surface area contributed by atoms with Crippen molar-refractivity contribution in [1.29, 1.82) is 5.26 Å². The van der Waals surface area contributed by atoms with Crippen LogP contribution in [0.4, 0.5) is 0 Å². The van der Waals surface area contributed by atoms with Gasteiger partial charge in [0, 0.05) is 29.7 Å². The van der Waals surface area contributed by atoms with Gasteiger partial charge in [-0.15, -0.1) is 5.10 Å². The van der Waals surface area contributed by atoms with Crippen LogP contribution in [0.25, 0.3) is 16.9 Å². The van der Waals surface area contributed by atoms with Crippen molar-refractivity contribution in [2.45, 2.75) is 50.5 Å². The van der Waals surface area contributed by atoms with Crippen molar-refractivity contribution in [1.82, 2.24) is 24.8 Å². The van der Waals surface area contributed by atoms with Crippen molar-refractivity contribution in [2.75, 3.05) is 7.11 Å². The number of hydrogen-bond acceptors (Lipinski definition) is 5. The second-order valence-corrected chi connectivity index (χ2v) is 9.21. The van der Waals surface area contributed by atoms with Gasteiger partial charge in [-0.2, -0.15) is 10.4 Å². The SMILES string of the molecule is COc1ccccc1-n1nc2c(c1-c1ccc(C#N)cc1)C[C@H](n1cc(C3CCCC3)nn1)C2. The van der Waals surface area contributed by atoms with Crippen molar-refractivity contribution in [3.8, 4) is 28.8 Å². The molecular weight excluding hydrogens is 424 g/mol. The standard InChI is InChI=1S/C27H26N6O/c1-34-26-9-5-4-8-25(26)33-27(20-12-10-18(16-28)11-13-20)22-14-21(15-23(22)30-33)32-17-24(29-31-32)19-6-2-3-7-19/h4-5,8-13,17,19,21H,2-3,6-7,14-15H2,1H3/t21-/m0/s1. The molecule has 1 fully saturated rings. The fourth-order valence-electron chi connectivity index (χ4n) is 5.45. The molecule has 0 bridgehead atoms. The van der Waals surface area contributed by atoms with Gasteiger partial charge >= 0.3 is 0 Å². The number of nitriles is 1. The second-order valence-electron chi connectivity index (χ2n) is 9.21. The molecule has 0 saturated heterocycles. The average molecular weight is 451 g/mol. The van der Waals surface area contributed by atoms with E-state index in [2.05, 4.69) is 22.6 Å². The van der Waals surface area contributed by atoms with Crippen molar-refractivity contribution in [3.05, 3.63) is 77.2 Å². The van der Waals surface area contributed by atoms with Crippen LogP contribution in [0.3, 0.4) is 0 Å². The fraction of sp³-hybridized carbons (Fsp3) is 0.333. The van der Waals surface area contributed by atoms with Crippen LogP contribution >= 0.6 is 0 Å². The van der Waals surface area contributed by atoms with Gasteiger partial charge in [0.25, 0.3) is 0 Å². The van der Waals surface area contributed by atoms with Gasteiger partial charge in [-0.05, 0) is 43.5 Å². The molecule has 0 aliphatic heterocycles. The molecular formula is C27H26N6O. The van der Waals surface area contributed by atoms with Gasteiger partial charge in [-0.1, -0.05) is 42.3 Å². The molecule has 7 heteroatoms. The second kappa shape index (κ2) is 8.45. The Labute approximate surface area is 198 Å². The van der Waals surface area contributed by atoms with Crippen LogP contribution in [-0.4, -0.2) is 31.9 Å². The van der Waals surface area contributed by atoms with Crippen molar-refractivity contribution < 1.29 is 4.74 Å². The van der Waals surface area contributed by atoms with Crippen LogP contribution < -0.4 is 4.74 Å². The Morgan fingerprint density at radius 3 is 2.59 bits per heavy atom. The maximum absolute atomic E-state index is 9.26. The molecule has 170 valence electrons. The monoisotopic (exact) mass is 450 g/mol. The number of ether oxygens (including phenoxy) is 1. The van der Waals surface area contributed by atoms with E-state index in [1.807, 2.05) is 57.9 Å². The lowest BCUT2D eigenvalue weighted by Crippen LogP contribution is -2.12. The first-order valence-corrected chi connectivity index (χ1v) is 11.9. The topological polar surface area (TPSA) is 81.5 Å². The highest BCUT2D eigenvalue weighted by molar-refractivity contribution is 5.70. The summed E-state index contributed by atoms with van der Waals surface area (Å²) in [6, 6.07) is 18.1. The summed E-state index contributed by atoms with van der Waals surface area (Å²) in [6.45, 7) is 0. The van der Waals surface area contributed by atoms with Gasteiger partial charge in [-0.3, -0.25) is 0 Å². The smallest absolute Gasteiger partial charge is 0.144 e. The molecule has 0 unspecified atom stereocenters. The quantitative estimate of drug-likeness (QED) is 0.427. The molecule has 0 amide bonds. The molecule has 0 spiro atoms. The van der Waals surface area contributed by atoms with Crippen LogP contribution in [0.5, 0.6) is 5.75 Å². The third kappa shape index (κ3) is 3.47. The molecule has 2 heterocycles. The molecule has 2 aromatic carbocycles. The van der Waals surface area contributed by atoms with Crippen LogP contribution in [0, 0.1) is 11.3 Å². The highest BCUT2D eigenvalue weighted by Gasteiger charge is 2.33. The molecule has 2 aliphatic rings. The van der Waals surface area contributed by atoms with Crippen molar-refractivity contribution >= 4 is 0 Å². The highest BCUT2D eigenvalue weighted by atomic mass is 16.5. The summed E-state index contributed by atoms with van der Waals surface area (Å²) < 4.78 is 9.68. The van der Waals surface area contributed by atoms with E-state index >= 15 is 0 Å². The third-order valence-electron chi connectivity index (χ3n) is 7.21. The number of hydrogen-bond donors (Lipinski definition) is 0. The summed E-state index contributed by atoms with van der Waals surface area (Å²) in [6.07, 6.45) is 8.83. The van der Waals surface area contributed by atoms with E-state index in [9.17, 15) is 5.26 Å². The zero-order valence-corrected chi connectivity index (χ0v) is 19.2. The third-order valence-corrected chi connectivity index (χ3v) is 7.21. The van der Waals surface area contributed by atoms with Crippen molar-refractivity contribution in [2.24, 2.45) is 0 Å². The minimum Gasteiger partial charge on any atom is -0.494 e. The molecule has 34 heavy (non-hydrogen) atoms. The predicted molar refractivity (Wildman–Crippen MR) is 128 cm³/mol. The van der Waals surface area contributed by atoms with E-state index in [-0.39, 0.29) is 6.04 Å². The summed E-state index contributed by atoms with van der Waals surface area (Å²) in [5, 5.41) is 23.3. The Bertz CT molecular complexity index is 1370. The summed E-state index contributed by atoms with van der Waals surface area (Å²) in [5.41, 5.74) is 7.05. The minimum atomic E-state index is 0.213. The first-order chi connectivity index (χ1) is 16.7. The summed E-state index contributed by atoms with van der Waals surface area (Å²) >= 11 is 0. The zero-order valence-electron chi connectivity index (χ0n) is 19.2. The van der Waals surface area contributed by atoms with Crippen molar-refractivity contribution in [3.63, 3.8) is 0 Å². The van der Waals surface area contributed by atoms with Gasteiger partial charge < -0.3 is 4.74 Å². The Hall–Kier alpha value is -3.92. The highest BCUT2D eigenvalue weighted by Crippen LogP contribution is 2.40. The molecule has 1 saturated carbocycles. The van der Waals surface area contributed by atoms with Gasteiger partial charge in [0.05, 0.1) is 41.9 Å². The van der Waals surface area contributed by atoms with Gasteiger partial charge in [0.15, 0.2) is 0 Å². The van der Waals surface area contributed by atoms with Gasteiger partial charge in [0.2, 0.25) is 0 Å². The lowest BCUT2D eigenvalue weighted by molar-refractivity contribution is 0.411. The Balaban J connectivity index is 1.40. The number of methoxy groups -OCH3 is 1. The molecule has 7 nitrogen and oxygen atoms in total. The molecule has 2 aromatic heterocycles. The molecule has 4 aromatic rings. The van der Waals surface area contributed by atoms with Gasteiger partial charge in [-0.25, -0.2) is 9.36 Å². The lowest BCUT2D eigenvalue weighted by atomic mass is 10.0. The van der Waals surface area contributed by atoms with Gasteiger partial charge in [0.1, 0.15) is 11.4 Å². The number of fused-ring (bicyclic) bond motifs is 1. The number of rotatable bonds is 5. The summed E-state index contributed by atoms with van der Waals surface area (Å²) in [4.78, 5) is 0. The number of aromatic nitrogens is 5. The normalized spacial score (nSPS) is 17.6.